The maximum atomic E-state index is 11.2. The lowest BCUT2D eigenvalue weighted by atomic mass is 10.1. The molecule has 2 N–H and O–H groups in total. The lowest BCUT2D eigenvalue weighted by Gasteiger charge is -2.25. The van der Waals surface area contributed by atoms with Gasteiger partial charge in [-0.2, -0.15) is 0 Å². The third-order valence-electron chi connectivity index (χ3n) is 2.59. The van der Waals surface area contributed by atoms with Crippen LogP contribution in [0.4, 0.5) is 0 Å². The second-order valence-corrected chi connectivity index (χ2v) is 4.12. The molecule has 0 radical (unpaired) electrons. The topological polar surface area (TPSA) is 86.7 Å². The number of carbonyl (C=O) groups is 3. The zero-order valence-corrected chi connectivity index (χ0v) is 9.55. The first-order valence-electron chi connectivity index (χ1n) is 5.42. The fraction of sp³-hybridized carbons (Fsp3) is 0.250. The van der Waals surface area contributed by atoms with E-state index in [4.69, 9.17) is 5.11 Å². The fourth-order valence-electron chi connectivity index (χ4n) is 1.87. The molecule has 1 saturated heterocycles. The van der Waals surface area contributed by atoms with Gasteiger partial charge in [-0.3, -0.25) is 19.8 Å². The number of hydrogen-bond acceptors (Lipinski definition) is 4. The summed E-state index contributed by atoms with van der Waals surface area (Å²) in [5.41, 5.74) is 0.956. The summed E-state index contributed by atoms with van der Waals surface area (Å²) in [6.07, 6.45) is 0. The Labute approximate surface area is 103 Å². The predicted octanol–water partition coefficient (Wildman–Crippen LogP) is -0.157. The molecule has 0 spiro atoms. The summed E-state index contributed by atoms with van der Waals surface area (Å²) in [6.45, 7) is 0.659. The van der Waals surface area contributed by atoms with Crippen molar-refractivity contribution in [2.75, 3.05) is 13.1 Å². The molecule has 6 heteroatoms. The highest BCUT2D eigenvalue weighted by molar-refractivity contribution is 5.99. The summed E-state index contributed by atoms with van der Waals surface area (Å²) >= 11 is 0. The molecule has 94 valence electrons. The van der Waals surface area contributed by atoms with Crippen molar-refractivity contribution in [1.29, 1.82) is 0 Å². The van der Waals surface area contributed by atoms with E-state index in [9.17, 15) is 14.4 Å². The molecule has 1 aliphatic rings. The molecule has 0 atom stereocenters. The number of imide groups is 1. The summed E-state index contributed by atoms with van der Waals surface area (Å²) in [6, 6.07) is 6.45. The van der Waals surface area contributed by atoms with E-state index in [0.29, 0.717) is 6.54 Å². The summed E-state index contributed by atoms with van der Waals surface area (Å²) < 4.78 is 0. The van der Waals surface area contributed by atoms with E-state index in [1.807, 2.05) is 0 Å². The van der Waals surface area contributed by atoms with Gasteiger partial charge in [0.1, 0.15) is 0 Å². The Morgan fingerprint density at radius 3 is 2.56 bits per heavy atom. The van der Waals surface area contributed by atoms with Crippen molar-refractivity contribution in [2.45, 2.75) is 6.54 Å². The Balaban J connectivity index is 2.09. The molecular formula is C12H12N2O4. The molecule has 6 nitrogen and oxygen atoms in total. The molecule has 2 rings (SSSR count). The monoisotopic (exact) mass is 248 g/mol. The average Bonchev–Trinajstić information content (AvgIpc) is 2.27. The van der Waals surface area contributed by atoms with Crippen LogP contribution in [0.3, 0.4) is 0 Å². The zero-order chi connectivity index (χ0) is 13.1. The highest BCUT2D eigenvalue weighted by Crippen LogP contribution is 2.09. The van der Waals surface area contributed by atoms with Crippen LogP contribution in [-0.2, 0) is 16.1 Å². The van der Waals surface area contributed by atoms with Crippen molar-refractivity contribution in [3.05, 3.63) is 35.4 Å². The average molecular weight is 248 g/mol. The maximum absolute atomic E-state index is 11.2. The van der Waals surface area contributed by atoms with Gasteiger partial charge in [0.05, 0.1) is 18.7 Å². The van der Waals surface area contributed by atoms with Crippen LogP contribution < -0.4 is 5.32 Å². The molecule has 1 aromatic rings. The van der Waals surface area contributed by atoms with E-state index in [2.05, 4.69) is 5.32 Å². The second kappa shape index (κ2) is 4.97. The molecule has 0 aliphatic carbocycles. The van der Waals surface area contributed by atoms with Gasteiger partial charge in [0.15, 0.2) is 0 Å². The first kappa shape index (κ1) is 12.3. The van der Waals surface area contributed by atoms with E-state index in [-0.39, 0.29) is 30.5 Å². The number of aromatic carboxylic acids is 1. The molecule has 18 heavy (non-hydrogen) atoms. The highest BCUT2D eigenvalue weighted by Gasteiger charge is 2.22. The molecule has 1 aromatic carbocycles. The predicted molar refractivity (Wildman–Crippen MR) is 61.8 cm³/mol. The van der Waals surface area contributed by atoms with Crippen LogP contribution in [0.15, 0.2) is 24.3 Å². The number of amides is 2. The number of piperazine rings is 1. The first-order chi connectivity index (χ1) is 8.54. The van der Waals surface area contributed by atoms with E-state index in [0.717, 1.165) is 5.56 Å². The maximum Gasteiger partial charge on any atom is 0.335 e. The van der Waals surface area contributed by atoms with Crippen molar-refractivity contribution in [3.8, 4) is 0 Å². The van der Waals surface area contributed by atoms with Gasteiger partial charge in [0, 0.05) is 6.54 Å². The summed E-state index contributed by atoms with van der Waals surface area (Å²) in [5, 5.41) is 11.1. The standard InChI is InChI=1S/C12H12N2O4/c15-10-6-14(7-11(16)13-10)5-8-2-1-3-9(4-8)12(17)18/h1-4H,5-7H2,(H,17,18)(H,13,15,16). The number of benzene rings is 1. The molecule has 1 aliphatic heterocycles. The Kier molecular flexibility index (Phi) is 3.38. The van der Waals surface area contributed by atoms with Crippen LogP contribution >= 0.6 is 0 Å². The van der Waals surface area contributed by atoms with Crippen molar-refractivity contribution < 1.29 is 19.5 Å². The van der Waals surface area contributed by atoms with E-state index < -0.39 is 5.97 Å². The molecule has 2 amide bonds. The minimum atomic E-state index is -0.996. The molecule has 0 unspecified atom stereocenters. The third kappa shape index (κ3) is 2.92. The Bertz CT molecular complexity index is 497. The van der Waals surface area contributed by atoms with Crippen LogP contribution in [0.2, 0.25) is 0 Å². The summed E-state index contributed by atoms with van der Waals surface area (Å²) in [7, 11) is 0. The Hall–Kier alpha value is -2.21. The van der Waals surface area contributed by atoms with Gasteiger partial charge in [-0.15, -0.1) is 0 Å². The van der Waals surface area contributed by atoms with Crippen LogP contribution in [0.1, 0.15) is 15.9 Å². The number of rotatable bonds is 3. The number of hydrogen-bond donors (Lipinski definition) is 2. The SMILES string of the molecule is O=C1CN(Cc2cccc(C(=O)O)c2)CC(=O)N1. The van der Waals surface area contributed by atoms with Gasteiger partial charge >= 0.3 is 5.97 Å². The number of nitrogens with one attached hydrogen (secondary N) is 1. The molecular weight excluding hydrogens is 236 g/mol. The highest BCUT2D eigenvalue weighted by atomic mass is 16.4. The summed E-state index contributed by atoms with van der Waals surface area (Å²) in [4.78, 5) is 34.8. The van der Waals surface area contributed by atoms with E-state index in [1.54, 1.807) is 23.1 Å². The van der Waals surface area contributed by atoms with Crippen LogP contribution in [0, 0.1) is 0 Å². The first-order valence-corrected chi connectivity index (χ1v) is 5.42. The lowest BCUT2D eigenvalue weighted by molar-refractivity contribution is -0.136. The van der Waals surface area contributed by atoms with Gasteiger partial charge in [0.2, 0.25) is 11.8 Å². The lowest BCUT2D eigenvalue weighted by Crippen LogP contribution is -2.50. The van der Waals surface area contributed by atoms with Crippen molar-refractivity contribution in [1.82, 2.24) is 10.2 Å². The molecule has 1 fully saturated rings. The fourth-order valence-corrected chi connectivity index (χ4v) is 1.87. The second-order valence-electron chi connectivity index (χ2n) is 4.12. The van der Waals surface area contributed by atoms with E-state index in [1.165, 1.54) is 6.07 Å². The van der Waals surface area contributed by atoms with Gasteiger partial charge in [-0.25, -0.2) is 4.79 Å². The molecule has 1 heterocycles. The number of carboxylic acids is 1. The number of carbonyl (C=O) groups excluding carboxylic acids is 2. The molecule has 0 saturated carbocycles. The van der Waals surface area contributed by atoms with Crippen LogP contribution in [-0.4, -0.2) is 40.9 Å². The quantitative estimate of drug-likeness (QED) is 0.726. The van der Waals surface area contributed by atoms with Crippen LogP contribution in [0.5, 0.6) is 0 Å². The zero-order valence-electron chi connectivity index (χ0n) is 9.55. The largest absolute Gasteiger partial charge is 0.478 e. The molecule has 0 aromatic heterocycles. The number of carboxylic acid groups (broad SMARTS) is 1. The van der Waals surface area contributed by atoms with E-state index >= 15 is 0 Å². The summed E-state index contributed by atoms with van der Waals surface area (Å²) in [5.74, 6) is -1.66. The third-order valence-corrected chi connectivity index (χ3v) is 2.59. The van der Waals surface area contributed by atoms with Crippen molar-refractivity contribution in [3.63, 3.8) is 0 Å². The Morgan fingerprint density at radius 1 is 1.28 bits per heavy atom. The van der Waals surface area contributed by atoms with Gasteiger partial charge < -0.3 is 5.11 Å². The minimum absolute atomic E-state index is 0.142. The molecule has 0 bridgehead atoms. The Morgan fingerprint density at radius 2 is 1.94 bits per heavy atom. The normalized spacial score (nSPS) is 16.4. The van der Waals surface area contributed by atoms with Gasteiger partial charge in [0.25, 0.3) is 0 Å². The van der Waals surface area contributed by atoms with Gasteiger partial charge in [-0.05, 0) is 17.7 Å². The smallest absolute Gasteiger partial charge is 0.335 e. The van der Waals surface area contributed by atoms with Crippen molar-refractivity contribution in [2.24, 2.45) is 0 Å². The number of nitrogens with zero attached hydrogens (tertiary/aromatic N) is 1. The minimum Gasteiger partial charge on any atom is -0.478 e. The van der Waals surface area contributed by atoms with Crippen LogP contribution in [0.25, 0.3) is 0 Å². The van der Waals surface area contributed by atoms with Gasteiger partial charge in [-0.1, -0.05) is 12.1 Å². The van der Waals surface area contributed by atoms with Crippen molar-refractivity contribution >= 4 is 17.8 Å².